The highest BCUT2D eigenvalue weighted by atomic mass is 32.1. The third kappa shape index (κ3) is 3.09. The van der Waals surface area contributed by atoms with E-state index in [0.717, 1.165) is 4.57 Å². The Morgan fingerprint density at radius 3 is 2.63 bits per heavy atom. The van der Waals surface area contributed by atoms with Crippen molar-refractivity contribution in [2.45, 2.75) is 32.7 Å². The number of aromatic amines is 1. The number of alkyl halides is 3. The van der Waals surface area contributed by atoms with E-state index in [1.54, 1.807) is 18.2 Å². The van der Waals surface area contributed by atoms with Gasteiger partial charge in [-0.15, -0.1) is 0 Å². The van der Waals surface area contributed by atoms with Gasteiger partial charge in [0.25, 0.3) is 0 Å². The number of imidazole rings is 1. The number of aromatic nitrogens is 2. The molecule has 1 heterocycles. The Labute approximate surface area is 113 Å². The molecule has 7 heteroatoms. The lowest BCUT2D eigenvalue weighted by atomic mass is 10.3. The summed E-state index contributed by atoms with van der Waals surface area (Å²) < 4.78 is 44.2. The molecular weight excluding hydrogens is 277 g/mol. The smallest absolute Gasteiger partial charge is 0.406 e. The van der Waals surface area contributed by atoms with Crippen molar-refractivity contribution in [3.05, 3.63) is 23.0 Å². The van der Waals surface area contributed by atoms with Crippen molar-refractivity contribution in [1.29, 1.82) is 0 Å². The zero-order valence-electron chi connectivity index (χ0n) is 10.4. The molecular formula is C12H13F3N2OS. The van der Waals surface area contributed by atoms with Gasteiger partial charge in [0.1, 0.15) is 17.8 Å². The van der Waals surface area contributed by atoms with Gasteiger partial charge in [-0.3, -0.25) is 0 Å². The molecule has 19 heavy (non-hydrogen) atoms. The zero-order chi connectivity index (χ0) is 14.2. The summed E-state index contributed by atoms with van der Waals surface area (Å²) >= 11 is 4.95. The predicted molar refractivity (Wildman–Crippen MR) is 68.9 cm³/mol. The lowest BCUT2D eigenvalue weighted by Crippen LogP contribution is -2.17. The van der Waals surface area contributed by atoms with E-state index in [4.69, 9.17) is 17.0 Å². The summed E-state index contributed by atoms with van der Waals surface area (Å²) in [6, 6.07) is 4.93. The fourth-order valence-corrected chi connectivity index (χ4v) is 2.11. The molecule has 0 spiro atoms. The van der Waals surface area contributed by atoms with E-state index in [1.165, 1.54) is 0 Å². The van der Waals surface area contributed by atoms with Crippen LogP contribution in [0.15, 0.2) is 18.2 Å². The van der Waals surface area contributed by atoms with E-state index < -0.39 is 12.7 Å². The second-order valence-electron chi connectivity index (χ2n) is 4.45. The summed E-state index contributed by atoms with van der Waals surface area (Å²) in [4.78, 5) is 2.78. The molecule has 0 aliphatic heterocycles. The van der Waals surface area contributed by atoms with Crippen molar-refractivity contribution >= 4 is 23.3 Å². The Kier molecular flexibility index (Phi) is 3.58. The molecule has 0 fully saturated rings. The van der Waals surface area contributed by atoms with E-state index in [0.29, 0.717) is 16.8 Å². The third-order valence-corrected chi connectivity index (χ3v) is 2.79. The number of fused-ring (bicyclic) bond motifs is 1. The Morgan fingerprint density at radius 2 is 2.05 bits per heavy atom. The molecule has 0 bridgehead atoms. The van der Waals surface area contributed by atoms with E-state index in [9.17, 15) is 13.2 Å². The van der Waals surface area contributed by atoms with Gasteiger partial charge in [0.05, 0.1) is 11.6 Å². The van der Waals surface area contributed by atoms with Crippen LogP contribution in [0.1, 0.15) is 13.8 Å². The van der Waals surface area contributed by atoms with Gasteiger partial charge in [-0.05, 0) is 38.2 Å². The molecule has 0 radical (unpaired) electrons. The van der Waals surface area contributed by atoms with Crippen molar-refractivity contribution in [2.24, 2.45) is 0 Å². The third-order valence-electron chi connectivity index (χ3n) is 2.47. The summed E-state index contributed by atoms with van der Waals surface area (Å²) in [5.41, 5.74) is 0.880. The lowest BCUT2D eigenvalue weighted by molar-refractivity contribution is -0.140. The number of halogens is 3. The van der Waals surface area contributed by atoms with Crippen molar-refractivity contribution in [3.8, 4) is 5.75 Å². The first kappa shape index (κ1) is 13.9. The van der Waals surface area contributed by atoms with Crippen LogP contribution in [0.25, 0.3) is 11.0 Å². The summed E-state index contributed by atoms with van der Waals surface area (Å²) in [7, 11) is 0. The number of ether oxygens (including phenoxy) is 1. The normalized spacial score (nSPS) is 12.3. The van der Waals surface area contributed by atoms with E-state index >= 15 is 0 Å². The molecule has 104 valence electrons. The van der Waals surface area contributed by atoms with Crippen LogP contribution in [0, 0.1) is 4.77 Å². The molecule has 3 nitrogen and oxygen atoms in total. The first-order chi connectivity index (χ1) is 8.78. The number of H-pyrrole nitrogens is 1. The van der Waals surface area contributed by atoms with Crippen LogP contribution in [-0.4, -0.2) is 21.8 Å². The molecule has 0 atom stereocenters. The predicted octanol–water partition coefficient (Wildman–Crippen LogP) is 4.05. The van der Waals surface area contributed by atoms with Crippen molar-refractivity contribution in [2.75, 3.05) is 0 Å². The molecule has 1 aromatic heterocycles. The molecule has 0 saturated carbocycles. The van der Waals surface area contributed by atoms with Gasteiger partial charge >= 0.3 is 6.18 Å². The van der Waals surface area contributed by atoms with Crippen molar-refractivity contribution in [1.82, 2.24) is 9.55 Å². The Balaban J connectivity index is 2.56. The Morgan fingerprint density at radius 1 is 1.37 bits per heavy atom. The van der Waals surface area contributed by atoms with Crippen LogP contribution < -0.4 is 4.74 Å². The molecule has 1 N–H and O–H groups in total. The fraction of sp³-hybridized carbons (Fsp3) is 0.417. The van der Waals surface area contributed by atoms with E-state index in [1.807, 2.05) is 13.8 Å². The topological polar surface area (TPSA) is 29.9 Å². The van der Waals surface area contributed by atoms with Gasteiger partial charge in [-0.25, -0.2) is 0 Å². The number of hydrogen-bond donors (Lipinski definition) is 1. The number of para-hydroxylation sites is 1. The maximum Gasteiger partial charge on any atom is 0.406 e. The minimum Gasteiger partial charge on any atom is -0.489 e. The van der Waals surface area contributed by atoms with Gasteiger partial charge in [-0.2, -0.15) is 13.2 Å². The number of nitrogens with zero attached hydrogens (tertiary/aromatic N) is 1. The van der Waals surface area contributed by atoms with E-state index in [2.05, 4.69) is 4.98 Å². The largest absolute Gasteiger partial charge is 0.489 e. The summed E-state index contributed by atoms with van der Waals surface area (Å²) in [5, 5.41) is 0. The lowest BCUT2D eigenvalue weighted by Gasteiger charge is -2.11. The molecule has 2 rings (SSSR count). The number of hydrogen-bond acceptors (Lipinski definition) is 2. The first-order valence-electron chi connectivity index (χ1n) is 5.73. The maximum absolute atomic E-state index is 12.5. The number of nitrogens with one attached hydrogen (secondary N) is 1. The van der Waals surface area contributed by atoms with Crippen LogP contribution in [-0.2, 0) is 6.54 Å². The first-order valence-corrected chi connectivity index (χ1v) is 6.13. The van der Waals surface area contributed by atoms with Crippen LogP contribution in [0.2, 0.25) is 0 Å². The zero-order valence-corrected chi connectivity index (χ0v) is 11.2. The molecule has 0 saturated heterocycles. The minimum atomic E-state index is -4.32. The highest BCUT2D eigenvalue weighted by molar-refractivity contribution is 7.71. The molecule has 0 amide bonds. The summed E-state index contributed by atoms with van der Waals surface area (Å²) in [5.74, 6) is 0.500. The van der Waals surface area contributed by atoms with Gasteiger partial charge in [0, 0.05) is 0 Å². The van der Waals surface area contributed by atoms with E-state index in [-0.39, 0.29) is 10.9 Å². The monoisotopic (exact) mass is 290 g/mol. The molecule has 0 aliphatic rings. The van der Waals surface area contributed by atoms with Crippen LogP contribution in [0.4, 0.5) is 13.2 Å². The highest BCUT2D eigenvalue weighted by Gasteiger charge is 2.29. The Bertz CT molecular complexity index is 642. The average molecular weight is 290 g/mol. The second kappa shape index (κ2) is 4.88. The number of benzene rings is 1. The average Bonchev–Trinajstić information content (AvgIpc) is 2.55. The van der Waals surface area contributed by atoms with Crippen LogP contribution in [0.5, 0.6) is 5.75 Å². The van der Waals surface area contributed by atoms with Crippen molar-refractivity contribution < 1.29 is 17.9 Å². The van der Waals surface area contributed by atoms with Crippen molar-refractivity contribution in [3.63, 3.8) is 0 Å². The standard InChI is InChI=1S/C12H13F3N2OS/c1-7(2)18-9-5-3-4-8-10(9)16-11(19)17(8)6-12(13,14)15/h3-5,7H,6H2,1-2H3,(H,16,19). The summed E-state index contributed by atoms with van der Waals surface area (Å²) in [6.45, 7) is 2.58. The fourth-order valence-electron chi connectivity index (χ4n) is 1.84. The number of rotatable bonds is 3. The maximum atomic E-state index is 12.5. The molecule has 0 aliphatic carbocycles. The van der Waals surface area contributed by atoms with Gasteiger partial charge in [-0.1, -0.05) is 6.07 Å². The molecule has 1 aromatic carbocycles. The van der Waals surface area contributed by atoms with Gasteiger partial charge < -0.3 is 14.3 Å². The van der Waals surface area contributed by atoms with Gasteiger partial charge in [0.15, 0.2) is 4.77 Å². The molecule has 0 unspecified atom stereocenters. The Hall–Kier alpha value is -1.50. The summed E-state index contributed by atoms with van der Waals surface area (Å²) in [6.07, 6.45) is -4.39. The van der Waals surface area contributed by atoms with Gasteiger partial charge in [0.2, 0.25) is 0 Å². The molecule has 2 aromatic rings. The van der Waals surface area contributed by atoms with Crippen LogP contribution >= 0.6 is 12.2 Å². The minimum absolute atomic E-state index is 0.0344. The van der Waals surface area contributed by atoms with Crippen LogP contribution in [0.3, 0.4) is 0 Å². The second-order valence-corrected chi connectivity index (χ2v) is 4.84. The quantitative estimate of drug-likeness (QED) is 0.864. The SMILES string of the molecule is CC(C)Oc1cccc2c1[nH]c(=S)n2CC(F)(F)F. The highest BCUT2D eigenvalue weighted by Crippen LogP contribution is 2.28.